The van der Waals surface area contributed by atoms with Gasteiger partial charge < -0.3 is 4.74 Å². The summed E-state index contributed by atoms with van der Waals surface area (Å²) in [6.07, 6.45) is 3.45. The van der Waals surface area contributed by atoms with Crippen molar-refractivity contribution in [2.75, 3.05) is 7.11 Å². The van der Waals surface area contributed by atoms with Gasteiger partial charge in [-0.1, -0.05) is 54.1 Å². The van der Waals surface area contributed by atoms with Gasteiger partial charge in [0.1, 0.15) is 5.75 Å². The molecule has 0 aliphatic carbocycles. The van der Waals surface area contributed by atoms with E-state index in [2.05, 4.69) is 35.8 Å². The van der Waals surface area contributed by atoms with Crippen molar-refractivity contribution in [2.24, 2.45) is 0 Å². The first-order chi connectivity index (χ1) is 10.5. The van der Waals surface area contributed by atoms with Crippen LogP contribution in [0.2, 0.25) is 0 Å². The molecule has 0 saturated heterocycles. The van der Waals surface area contributed by atoms with Crippen LogP contribution in [0.3, 0.4) is 0 Å². The second kappa shape index (κ2) is 7.41. The number of rotatable bonds is 5. The Hall–Kier alpha value is -1.87. The molecule has 2 rings (SSSR count). The second-order valence-corrected chi connectivity index (χ2v) is 6.28. The number of hydrogen-bond donors (Lipinski definition) is 0. The van der Waals surface area contributed by atoms with Crippen LogP contribution >= 0.6 is 15.9 Å². The molecule has 2 nitrogen and oxygen atoms in total. The van der Waals surface area contributed by atoms with E-state index in [9.17, 15) is 4.79 Å². The van der Waals surface area contributed by atoms with Crippen molar-refractivity contribution in [3.63, 3.8) is 0 Å². The molecule has 0 heterocycles. The maximum atomic E-state index is 12.2. The lowest BCUT2D eigenvalue weighted by Crippen LogP contribution is -1.96. The fraction of sp³-hybridized carbons (Fsp3) is 0.211. The number of carbonyl (C=O) groups is 1. The van der Waals surface area contributed by atoms with E-state index in [1.165, 1.54) is 0 Å². The molecule has 0 aromatic heterocycles. The predicted molar refractivity (Wildman–Crippen MR) is 94.6 cm³/mol. The van der Waals surface area contributed by atoms with E-state index in [1.807, 2.05) is 42.5 Å². The highest BCUT2D eigenvalue weighted by molar-refractivity contribution is 9.10. The van der Waals surface area contributed by atoms with E-state index >= 15 is 0 Å². The van der Waals surface area contributed by atoms with E-state index in [-0.39, 0.29) is 5.78 Å². The molecule has 0 spiro atoms. The fourth-order valence-corrected chi connectivity index (χ4v) is 2.62. The van der Waals surface area contributed by atoms with Gasteiger partial charge in [0, 0.05) is 10.0 Å². The first-order valence-electron chi connectivity index (χ1n) is 7.17. The van der Waals surface area contributed by atoms with E-state index in [4.69, 9.17) is 4.74 Å². The molecule has 0 atom stereocenters. The van der Waals surface area contributed by atoms with Crippen LogP contribution in [-0.4, -0.2) is 12.9 Å². The Kier molecular flexibility index (Phi) is 5.56. The molecule has 0 fully saturated rings. The van der Waals surface area contributed by atoms with Crippen molar-refractivity contribution in [3.8, 4) is 5.75 Å². The van der Waals surface area contributed by atoms with E-state index in [0.29, 0.717) is 11.5 Å². The molecule has 0 aliphatic rings. The Morgan fingerprint density at radius 3 is 2.59 bits per heavy atom. The van der Waals surface area contributed by atoms with Gasteiger partial charge in [0.2, 0.25) is 0 Å². The number of halogens is 1. The third kappa shape index (κ3) is 4.08. The van der Waals surface area contributed by atoms with Gasteiger partial charge in [-0.3, -0.25) is 4.79 Å². The molecular weight excluding hydrogens is 340 g/mol. The summed E-state index contributed by atoms with van der Waals surface area (Å²) in [5, 5.41) is 0. The molecule has 0 saturated carbocycles. The van der Waals surface area contributed by atoms with Gasteiger partial charge in [-0.2, -0.15) is 0 Å². The molecule has 0 amide bonds. The second-order valence-electron chi connectivity index (χ2n) is 5.36. The maximum Gasteiger partial charge on any atom is 0.185 e. The summed E-state index contributed by atoms with van der Waals surface area (Å²) in [7, 11) is 1.67. The van der Waals surface area contributed by atoms with E-state index < -0.39 is 0 Å². The van der Waals surface area contributed by atoms with Crippen LogP contribution in [-0.2, 0) is 0 Å². The average Bonchev–Trinajstić information content (AvgIpc) is 2.52. The highest BCUT2D eigenvalue weighted by atomic mass is 79.9. The zero-order valence-corrected chi connectivity index (χ0v) is 14.6. The summed E-state index contributed by atoms with van der Waals surface area (Å²) < 4.78 is 6.27. The van der Waals surface area contributed by atoms with E-state index in [0.717, 1.165) is 21.3 Å². The van der Waals surface area contributed by atoms with Crippen LogP contribution in [0.25, 0.3) is 6.08 Å². The quantitative estimate of drug-likeness (QED) is 0.522. The minimum atomic E-state index is -0.0109. The highest BCUT2D eigenvalue weighted by Gasteiger charge is 2.08. The highest BCUT2D eigenvalue weighted by Crippen LogP contribution is 2.27. The Morgan fingerprint density at radius 2 is 1.95 bits per heavy atom. The van der Waals surface area contributed by atoms with Gasteiger partial charge >= 0.3 is 0 Å². The van der Waals surface area contributed by atoms with E-state index in [1.54, 1.807) is 13.2 Å². The maximum absolute atomic E-state index is 12.2. The first-order valence-corrected chi connectivity index (χ1v) is 7.96. The monoisotopic (exact) mass is 358 g/mol. The lowest BCUT2D eigenvalue weighted by Gasteiger charge is -2.12. The van der Waals surface area contributed by atoms with Gasteiger partial charge in [-0.15, -0.1) is 0 Å². The smallest absolute Gasteiger partial charge is 0.185 e. The fourth-order valence-electron chi connectivity index (χ4n) is 2.22. The Morgan fingerprint density at radius 1 is 1.18 bits per heavy atom. The summed E-state index contributed by atoms with van der Waals surface area (Å²) in [6.45, 7) is 4.25. The van der Waals surface area contributed by atoms with Crippen LogP contribution < -0.4 is 4.74 Å². The number of ether oxygens (including phenoxy) is 1. The molecule has 114 valence electrons. The molecule has 3 heteroatoms. The lowest BCUT2D eigenvalue weighted by atomic mass is 9.99. The van der Waals surface area contributed by atoms with Crippen molar-refractivity contribution in [3.05, 3.63) is 69.7 Å². The standard InChI is InChI=1S/C19H19BrO2/c1-13(2)17-11-14(8-10-19(17)22-3)7-9-18(21)15-5-4-6-16(20)12-15/h4-13H,1-3H3/b9-7+. The number of ketones is 1. The molecule has 0 radical (unpaired) electrons. The number of hydrogen-bond acceptors (Lipinski definition) is 2. The Bertz CT molecular complexity index is 702. The molecule has 0 aliphatic heterocycles. The molecule has 0 N–H and O–H groups in total. The van der Waals surface area contributed by atoms with Crippen molar-refractivity contribution < 1.29 is 9.53 Å². The number of methoxy groups -OCH3 is 1. The molecule has 22 heavy (non-hydrogen) atoms. The van der Waals surface area contributed by atoms with Crippen molar-refractivity contribution in [1.82, 2.24) is 0 Å². The van der Waals surface area contributed by atoms with Gasteiger partial charge in [-0.05, 0) is 47.4 Å². The number of allylic oxidation sites excluding steroid dienone is 1. The van der Waals surface area contributed by atoms with Crippen LogP contribution in [0.1, 0.15) is 41.3 Å². The minimum Gasteiger partial charge on any atom is -0.496 e. The third-order valence-electron chi connectivity index (χ3n) is 3.41. The minimum absolute atomic E-state index is 0.0109. The van der Waals surface area contributed by atoms with Crippen LogP contribution in [0.15, 0.2) is 53.0 Å². The van der Waals surface area contributed by atoms with Gasteiger partial charge in [0.25, 0.3) is 0 Å². The summed E-state index contributed by atoms with van der Waals surface area (Å²) in [4.78, 5) is 12.2. The zero-order valence-electron chi connectivity index (χ0n) is 13.0. The number of carbonyl (C=O) groups excluding carboxylic acids is 1. The first kappa shape index (κ1) is 16.5. The van der Waals surface area contributed by atoms with Crippen molar-refractivity contribution in [2.45, 2.75) is 19.8 Å². The molecule has 0 unspecified atom stereocenters. The summed E-state index contributed by atoms with van der Waals surface area (Å²) in [6, 6.07) is 13.3. The Balaban J connectivity index is 2.23. The molecule has 2 aromatic carbocycles. The normalized spacial score (nSPS) is 11.1. The number of benzene rings is 2. The predicted octanol–water partition coefficient (Wildman–Crippen LogP) is 5.48. The average molecular weight is 359 g/mol. The summed E-state index contributed by atoms with van der Waals surface area (Å²) in [5.41, 5.74) is 2.80. The van der Waals surface area contributed by atoms with Crippen LogP contribution in [0, 0.1) is 0 Å². The summed E-state index contributed by atoms with van der Waals surface area (Å²) in [5.74, 6) is 1.23. The largest absolute Gasteiger partial charge is 0.496 e. The van der Waals surface area contributed by atoms with Crippen LogP contribution in [0.5, 0.6) is 5.75 Å². The third-order valence-corrected chi connectivity index (χ3v) is 3.91. The van der Waals surface area contributed by atoms with Crippen molar-refractivity contribution in [1.29, 1.82) is 0 Å². The lowest BCUT2D eigenvalue weighted by molar-refractivity contribution is 0.104. The zero-order chi connectivity index (χ0) is 16.1. The molecule has 2 aromatic rings. The summed E-state index contributed by atoms with van der Waals surface area (Å²) >= 11 is 3.38. The topological polar surface area (TPSA) is 26.3 Å². The van der Waals surface area contributed by atoms with Crippen LogP contribution in [0.4, 0.5) is 0 Å². The van der Waals surface area contributed by atoms with Gasteiger partial charge in [-0.25, -0.2) is 0 Å². The van der Waals surface area contributed by atoms with Gasteiger partial charge in [0.15, 0.2) is 5.78 Å². The van der Waals surface area contributed by atoms with Gasteiger partial charge in [0.05, 0.1) is 7.11 Å². The Labute approximate surface area is 139 Å². The molecule has 0 bridgehead atoms. The van der Waals surface area contributed by atoms with Crippen molar-refractivity contribution >= 4 is 27.8 Å². The SMILES string of the molecule is COc1ccc(/C=C/C(=O)c2cccc(Br)c2)cc1C(C)C. The molecular formula is C19H19BrO2.